The van der Waals surface area contributed by atoms with E-state index in [1.807, 2.05) is 29.2 Å². The van der Waals surface area contributed by atoms with Crippen molar-refractivity contribution in [1.29, 1.82) is 0 Å². The van der Waals surface area contributed by atoms with E-state index >= 15 is 0 Å². The van der Waals surface area contributed by atoms with Crippen LogP contribution < -0.4 is 5.32 Å². The van der Waals surface area contributed by atoms with E-state index in [-0.39, 0.29) is 29.6 Å². The lowest BCUT2D eigenvalue weighted by Gasteiger charge is -2.23. The number of benzene rings is 1. The van der Waals surface area contributed by atoms with Crippen LogP contribution in [0.4, 0.5) is 0 Å². The molecule has 3 amide bonds. The maximum atomic E-state index is 12.5. The summed E-state index contributed by atoms with van der Waals surface area (Å²) in [6.07, 6.45) is 1.13. The summed E-state index contributed by atoms with van der Waals surface area (Å²) >= 11 is 0. The van der Waals surface area contributed by atoms with Crippen LogP contribution in [0.25, 0.3) is 0 Å². The number of amides is 3. The van der Waals surface area contributed by atoms with Crippen LogP contribution in [-0.2, 0) is 15.0 Å². The molecule has 1 fully saturated rings. The van der Waals surface area contributed by atoms with Crippen LogP contribution in [0.5, 0.6) is 0 Å². The SMILES string of the molecule is CN(C)C(=O)CN1CCCN(C(=O)CCNC(=O)c2ccc(C(C)(C)C)cc2)CC1. The molecule has 2 rings (SSSR count). The van der Waals surface area contributed by atoms with Crippen LogP contribution in [0.15, 0.2) is 24.3 Å². The molecule has 0 unspecified atom stereocenters. The van der Waals surface area contributed by atoms with E-state index in [9.17, 15) is 14.4 Å². The fraction of sp³-hybridized carbons (Fsp3) is 0.609. The molecule has 30 heavy (non-hydrogen) atoms. The molecule has 166 valence electrons. The van der Waals surface area contributed by atoms with E-state index in [0.717, 1.165) is 13.0 Å². The van der Waals surface area contributed by atoms with Gasteiger partial charge < -0.3 is 15.1 Å². The Morgan fingerprint density at radius 2 is 1.67 bits per heavy atom. The van der Waals surface area contributed by atoms with Crippen molar-refractivity contribution in [2.45, 2.75) is 39.0 Å². The Hall–Kier alpha value is -2.41. The molecule has 0 radical (unpaired) electrons. The molecule has 0 aromatic heterocycles. The van der Waals surface area contributed by atoms with E-state index in [1.54, 1.807) is 19.0 Å². The van der Waals surface area contributed by atoms with Crippen molar-refractivity contribution in [2.24, 2.45) is 0 Å². The summed E-state index contributed by atoms with van der Waals surface area (Å²) in [7, 11) is 3.51. The molecule has 1 N–H and O–H groups in total. The molecule has 1 aromatic carbocycles. The standard InChI is InChI=1S/C23H36N4O3/c1-23(2,3)19-9-7-18(8-10-19)22(30)24-12-11-20(28)27-14-6-13-26(15-16-27)17-21(29)25(4)5/h7-10H,6,11-17H2,1-5H3,(H,24,30). The first kappa shape index (κ1) is 23.9. The zero-order valence-electron chi connectivity index (χ0n) is 19.0. The highest BCUT2D eigenvalue weighted by molar-refractivity contribution is 5.94. The van der Waals surface area contributed by atoms with Crippen molar-refractivity contribution in [3.63, 3.8) is 0 Å². The number of nitrogens with one attached hydrogen (secondary N) is 1. The average molecular weight is 417 g/mol. The van der Waals surface area contributed by atoms with Gasteiger partial charge in [-0.25, -0.2) is 0 Å². The topological polar surface area (TPSA) is 73.0 Å². The number of carbonyl (C=O) groups excluding carboxylic acids is 3. The van der Waals surface area contributed by atoms with E-state index < -0.39 is 0 Å². The maximum Gasteiger partial charge on any atom is 0.251 e. The highest BCUT2D eigenvalue weighted by atomic mass is 16.2. The molecule has 0 spiro atoms. The van der Waals surface area contributed by atoms with Gasteiger partial charge >= 0.3 is 0 Å². The van der Waals surface area contributed by atoms with Gasteiger partial charge in [-0.1, -0.05) is 32.9 Å². The third-order valence-electron chi connectivity index (χ3n) is 5.44. The minimum absolute atomic E-state index is 0.0409. The third kappa shape index (κ3) is 7.13. The lowest BCUT2D eigenvalue weighted by molar-refractivity contribution is -0.130. The van der Waals surface area contributed by atoms with Gasteiger partial charge in [-0.15, -0.1) is 0 Å². The van der Waals surface area contributed by atoms with Crippen molar-refractivity contribution in [3.05, 3.63) is 35.4 Å². The first-order valence-electron chi connectivity index (χ1n) is 10.7. The second-order valence-electron chi connectivity index (χ2n) is 9.13. The monoisotopic (exact) mass is 416 g/mol. The molecule has 1 aliphatic heterocycles. The summed E-state index contributed by atoms with van der Waals surface area (Å²) in [4.78, 5) is 42.3. The lowest BCUT2D eigenvalue weighted by atomic mass is 9.87. The molecule has 1 heterocycles. The summed E-state index contributed by atoms with van der Waals surface area (Å²) in [5.41, 5.74) is 1.83. The lowest BCUT2D eigenvalue weighted by Crippen LogP contribution is -2.40. The van der Waals surface area contributed by atoms with Crippen LogP contribution in [0.2, 0.25) is 0 Å². The third-order valence-corrected chi connectivity index (χ3v) is 5.44. The van der Waals surface area contributed by atoms with Crippen molar-refractivity contribution >= 4 is 17.7 Å². The fourth-order valence-corrected chi connectivity index (χ4v) is 3.38. The van der Waals surface area contributed by atoms with Gasteiger partial charge in [0.15, 0.2) is 0 Å². The summed E-state index contributed by atoms with van der Waals surface area (Å²) < 4.78 is 0. The molecule has 0 aliphatic carbocycles. The predicted molar refractivity (Wildman–Crippen MR) is 118 cm³/mol. The minimum Gasteiger partial charge on any atom is -0.352 e. The normalized spacial score (nSPS) is 15.4. The van der Waals surface area contributed by atoms with Crippen LogP contribution >= 0.6 is 0 Å². The van der Waals surface area contributed by atoms with Crippen molar-refractivity contribution in [3.8, 4) is 0 Å². The molecule has 7 heteroatoms. The zero-order chi connectivity index (χ0) is 22.3. The molecule has 1 aliphatic rings. The Kier molecular flexibility index (Phi) is 8.41. The number of hydrogen-bond acceptors (Lipinski definition) is 4. The predicted octanol–water partition coefficient (Wildman–Crippen LogP) is 1.73. The molecular formula is C23H36N4O3. The van der Waals surface area contributed by atoms with Gasteiger partial charge in [0, 0.05) is 58.8 Å². The van der Waals surface area contributed by atoms with Crippen LogP contribution in [0.1, 0.15) is 49.5 Å². The minimum atomic E-state index is -0.160. The van der Waals surface area contributed by atoms with Crippen molar-refractivity contribution in [2.75, 3.05) is 53.4 Å². The summed E-state index contributed by atoms with van der Waals surface area (Å²) in [5, 5.41) is 2.84. The zero-order valence-corrected chi connectivity index (χ0v) is 19.0. The maximum absolute atomic E-state index is 12.5. The molecule has 1 aromatic rings. The van der Waals surface area contributed by atoms with E-state index in [4.69, 9.17) is 0 Å². The first-order valence-corrected chi connectivity index (χ1v) is 10.7. The smallest absolute Gasteiger partial charge is 0.251 e. The van der Waals surface area contributed by atoms with Gasteiger partial charge in [0.25, 0.3) is 5.91 Å². The van der Waals surface area contributed by atoms with Gasteiger partial charge in [0.2, 0.25) is 11.8 Å². The molecule has 1 saturated heterocycles. The molecule has 0 bridgehead atoms. The molecule has 0 atom stereocenters. The van der Waals surface area contributed by atoms with Crippen LogP contribution in [0, 0.1) is 0 Å². The van der Waals surface area contributed by atoms with Gasteiger partial charge in [-0.05, 0) is 29.5 Å². The largest absolute Gasteiger partial charge is 0.352 e. The van der Waals surface area contributed by atoms with Crippen molar-refractivity contribution < 1.29 is 14.4 Å². The molecule has 7 nitrogen and oxygen atoms in total. The Balaban J connectivity index is 1.76. The Labute approximate surface area is 180 Å². The number of carbonyl (C=O) groups is 3. The van der Waals surface area contributed by atoms with Gasteiger partial charge in [-0.3, -0.25) is 19.3 Å². The average Bonchev–Trinajstić information content (AvgIpc) is 2.92. The Bertz CT molecular complexity index is 738. The van der Waals surface area contributed by atoms with Gasteiger partial charge in [0.1, 0.15) is 0 Å². The highest BCUT2D eigenvalue weighted by Gasteiger charge is 2.21. The summed E-state index contributed by atoms with van der Waals surface area (Å²) in [5.74, 6) is -0.0420. The van der Waals surface area contributed by atoms with Crippen LogP contribution in [-0.4, -0.2) is 85.8 Å². The van der Waals surface area contributed by atoms with Gasteiger partial charge in [0.05, 0.1) is 6.54 Å². The van der Waals surface area contributed by atoms with E-state index in [2.05, 4.69) is 31.0 Å². The first-order chi connectivity index (χ1) is 14.1. The number of nitrogens with zero attached hydrogens (tertiary/aromatic N) is 3. The summed E-state index contributed by atoms with van der Waals surface area (Å²) in [6, 6.07) is 7.61. The Morgan fingerprint density at radius 1 is 1.00 bits per heavy atom. The second-order valence-corrected chi connectivity index (χ2v) is 9.13. The van der Waals surface area contributed by atoms with Crippen molar-refractivity contribution in [1.82, 2.24) is 20.0 Å². The highest BCUT2D eigenvalue weighted by Crippen LogP contribution is 2.22. The van der Waals surface area contributed by atoms with E-state index in [1.165, 1.54) is 5.56 Å². The number of hydrogen-bond donors (Lipinski definition) is 1. The van der Waals surface area contributed by atoms with Crippen LogP contribution in [0.3, 0.4) is 0 Å². The second kappa shape index (κ2) is 10.6. The fourth-order valence-electron chi connectivity index (χ4n) is 3.38. The van der Waals surface area contributed by atoms with Gasteiger partial charge in [-0.2, -0.15) is 0 Å². The Morgan fingerprint density at radius 3 is 2.27 bits per heavy atom. The molecule has 0 saturated carbocycles. The number of likely N-dealkylation sites (N-methyl/N-ethyl adjacent to an activating group) is 1. The molecular weight excluding hydrogens is 380 g/mol. The summed E-state index contributed by atoms with van der Waals surface area (Å²) in [6.45, 7) is 9.91. The number of rotatable bonds is 6. The van der Waals surface area contributed by atoms with E-state index in [0.29, 0.717) is 38.3 Å². The quantitative estimate of drug-likeness (QED) is 0.767.